The highest BCUT2D eigenvalue weighted by molar-refractivity contribution is 7.12. The fourth-order valence-electron chi connectivity index (χ4n) is 2.92. The molecule has 7 nitrogen and oxygen atoms in total. The van der Waals surface area contributed by atoms with E-state index in [1.807, 2.05) is 0 Å². The Morgan fingerprint density at radius 1 is 1.16 bits per heavy atom. The van der Waals surface area contributed by atoms with Gasteiger partial charge in [0.1, 0.15) is 5.69 Å². The van der Waals surface area contributed by atoms with Crippen molar-refractivity contribution < 1.29 is 9.32 Å². The van der Waals surface area contributed by atoms with Gasteiger partial charge in [0.05, 0.1) is 0 Å². The van der Waals surface area contributed by atoms with Gasteiger partial charge in [-0.25, -0.2) is 4.98 Å². The molecule has 0 radical (unpaired) electrons. The zero-order valence-corrected chi connectivity index (χ0v) is 14.3. The van der Waals surface area contributed by atoms with E-state index >= 15 is 0 Å². The zero-order valence-electron chi connectivity index (χ0n) is 13.5. The third kappa shape index (κ3) is 3.58. The predicted octanol–water partition coefficient (Wildman–Crippen LogP) is 3.32. The second-order valence-corrected chi connectivity index (χ2v) is 6.86. The highest BCUT2D eigenvalue weighted by Gasteiger charge is 2.20. The van der Waals surface area contributed by atoms with Crippen molar-refractivity contribution in [3.63, 3.8) is 0 Å². The fourth-order valence-corrected chi connectivity index (χ4v) is 3.61. The van der Waals surface area contributed by atoms with Gasteiger partial charge in [-0.05, 0) is 25.0 Å². The molecule has 1 aliphatic rings. The van der Waals surface area contributed by atoms with E-state index in [0.717, 1.165) is 18.4 Å². The van der Waals surface area contributed by atoms with Gasteiger partial charge in [-0.15, -0.1) is 11.3 Å². The molecule has 0 atom stereocenters. The van der Waals surface area contributed by atoms with Crippen LogP contribution in [0, 0.1) is 0 Å². The standard InChI is InChI=1S/C17H17N5O2S/c23-15(19-12-4-2-1-3-5-12)17-20-13(10-25-17)16-21-14(22-24-16)11-6-8-18-9-7-11/h6-10,12H,1-5H2,(H,19,23). The molecule has 0 aromatic carbocycles. The third-order valence-corrected chi connectivity index (χ3v) is 5.06. The predicted molar refractivity (Wildman–Crippen MR) is 93.0 cm³/mol. The van der Waals surface area contributed by atoms with Crippen molar-refractivity contribution in [2.24, 2.45) is 0 Å². The van der Waals surface area contributed by atoms with Crippen LogP contribution in [-0.2, 0) is 0 Å². The monoisotopic (exact) mass is 355 g/mol. The van der Waals surface area contributed by atoms with E-state index in [2.05, 4.69) is 25.4 Å². The molecule has 0 unspecified atom stereocenters. The molecule has 1 amide bonds. The molecule has 1 N–H and O–H groups in total. The highest BCUT2D eigenvalue weighted by atomic mass is 32.1. The average molecular weight is 355 g/mol. The number of rotatable bonds is 4. The number of thiazole rings is 1. The van der Waals surface area contributed by atoms with E-state index in [0.29, 0.717) is 22.4 Å². The molecule has 0 bridgehead atoms. The molecule has 0 spiro atoms. The minimum absolute atomic E-state index is 0.128. The normalized spacial score (nSPS) is 15.2. The topological polar surface area (TPSA) is 93.8 Å². The second-order valence-electron chi connectivity index (χ2n) is 6.01. The Kier molecular flexibility index (Phi) is 4.51. The van der Waals surface area contributed by atoms with E-state index < -0.39 is 0 Å². The minimum atomic E-state index is -0.128. The van der Waals surface area contributed by atoms with Crippen LogP contribution in [0.5, 0.6) is 0 Å². The minimum Gasteiger partial charge on any atom is -0.347 e. The first kappa shape index (κ1) is 15.9. The van der Waals surface area contributed by atoms with Gasteiger partial charge >= 0.3 is 0 Å². The van der Waals surface area contributed by atoms with Crippen LogP contribution in [-0.4, -0.2) is 32.1 Å². The smallest absolute Gasteiger partial charge is 0.280 e. The Morgan fingerprint density at radius 2 is 1.96 bits per heavy atom. The summed E-state index contributed by atoms with van der Waals surface area (Å²) in [5.41, 5.74) is 1.34. The van der Waals surface area contributed by atoms with Crippen molar-refractivity contribution >= 4 is 17.2 Å². The van der Waals surface area contributed by atoms with Crippen LogP contribution in [0.4, 0.5) is 0 Å². The van der Waals surface area contributed by atoms with Crippen molar-refractivity contribution in [2.45, 2.75) is 38.1 Å². The maximum atomic E-state index is 12.3. The van der Waals surface area contributed by atoms with Gasteiger partial charge in [0, 0.05) is 29.4 Å². The first-order valence-electron chi connectivity index (χ1n) is 8.30. The number of amides is 1. The van der Waals surface area contributed by atoms with Crippen LogP contribution in [0.15, 0.2) is 34.4 Å². The lowest BCUT2D eigenvalue weighted by Gasteiger charge is -2.22. The van der Waals surface area contributed by atoms with E-state index in [1.165, 1.54) is 30.6 Å². The van der Waals surface area contributed by atoms with Crippen LogP contribution in [0.2, 0.25) is 0 Å². The lowest BCUT2D eigenvalue weighted by atomic mass is 9.95. The zero-order chi connectivity index (χ0) is 17.1. The van der Waals surface area contributed by atoms with Gasteiger partial charge in [0.25, 0.3) is 11.8 Å². The van der Waals surface area contributed by atoms with Gasteiger partial charge in [-0.2, -0.15) is 4.98 Å². The van der Waals surface area contributed by atoms with E-state index in [9.17, 15) is 4.79 Å². The summed E-state index contributed by atoms with van der Waals surface area (Å²) in [4.78, 5) is 25.0. The van der Waals surface area contributed by atoms with Crippen LogP contribution >= 0.6 is 11.3 Å². The SMILES string of the molecule is O=C(NC1CCCCC1)c1nc(-c2nc(-c3ccncc3)no2)cs1. The molecule has 3 heterocycles. The molecule has 1 saturated carbocycles. The number of hydrogen-bond acceptors (Lipinski definition) is 7. The summed E-state index contributed by atoms with van der Waals surface area (Å²) in [7, 11) is 0. The Balaban J connectivity index is 1.47. The van der Waals surface area contributed by atoms with Crippen LogP contribution < -0.4 is 5.32 Å². The van der Waals surface area contributed by atoms with Crippen LogP contribution in [0.25, 0.3) is 23.0 Å². The number of aromatic nitrogens is 4. The molecule has 128 valence electrons. The van der Waals surface area contributed by atoms with E-state index in [-0.39, 0.29) is 11.9 Å². The molecule has 3 aromatic heterocycles. The number of pyridine rings is 1. The van der Waals surface area contributed by atoms with Gasteiger partial charge in [-0.3, -0.25) is 9.78 Å². The maximum Gasteiger partial charge on any atom is 0.280 e. The van der Waals surface area contributed by atoms with Gasteiger partial charge in [0.15, 0.2) is 5.01 Å². The summed E-state index contributed by atoms with van der Waals surface area (Å²) < 4.78 is 5.28. The molecule has 1 fully saturated rings. The average Bonchev–Trinajstić information content (AvgIpc) is 3.33. The fraction of sp³-hybridized carbons (Fsp3) is 0.353. The summed E-state index contributed by atoms with van der Waals surface area (Å²) in [5.74, 6) is 0.649. The Labute approximate surface area is 148 Å². The lowest BCUT2D eigenvalue weighted by molar-refractivity contribution is 0.0927. The maximum absolute atomic E-state index is 12.3. The number of nitrogens with one attached hydrogen (secondary N) is 1. The van der Waals surface area contributed by atoms with Crippen molar-refractivity contribution in [2.75, 3.05) is 0 Å². The second kappa shape index (κ2) is 7.10. The van der Waals surface area contributed by atoms with Crippen molar-refractivity contribution in [3.05, 3.63) is 34.9 Å². The molecule has 4 rings (SSSR count). The molecular formula is C17H17N5O2S. The molecule has 8 heteroatoms. The van der Waals surface area contributed by atoms with Gasteiger partial charge in [0.2, 0.25) is 5.82 Å². The largest absolute Gasteiger partial charge is 0.347 e. The number of carbonyl (C=O) groups excluding carboxylic acids is 1. The third-order valence-electron chi connectivity index (χ3n) is 4.22. The highest BCUT2D eigenvalue weighted by Crippen LogP contribution is 2.24. The summed E-state index contributed by atoms with van der Waals surface area (Å²) in [6.45, 7) is 0. The Bertz CT molecular complexity index is 855. The summed E-state index contributed by atoms with van der Waals surface area (Å²) in [6, 6.07) is 3.87. The van der Waals surface area contributed by atoms with Crippen LogP contribution in [0.3, 0.4) is 0 Å². The summed E-state index contributed by atoms with van der Waals surface area (Å²) in [5, 5.41) is 9.21. The first-order chi connectivity index (χ1) is 12.3. The van der Waals surface area contributed by atoms with Crippen LogP contribution in [0.1, 0.15) is 41.9 Å². The van der Waals surface area contributed by atoms with E-state index in [4.69, 9.17) is 4.52 Å². The molecule has 25 heavy (non-hydrogen) atoms. The Hall–Kier alpha value is -2.61. The lowest BCUT2D eigenvalue weighted by Crippen LogP contribution is -2.36. The molecule has 3 aromatic rings. The van der Waals surface area contributed by atoms with Gasteiger partial charge < -0.3 is 9.84 Å². The van der Waals surface area contributed by atoms with Crippen molar-refractivity contribution in [1.82, 2.24) is 25.4 Å². The van der Waals surface area contributed by atoms with Crippen molar-refractivity contribution in [3.8, 4) is 23.0 Å². The number of hydrogen-bond donors (Lipinski definition) is 1. The molecule has 1 aliphatic carbocycles. The summed E-state index contributed by atoms with van der Waals surface area (Å²) in [6.07, 6.45) is 9.03. The number of nitrogens with zero attached hydrogens (tertiary/aromatic N) is 4. The molecule has 0 saturated heterocycles. The van der Waals surface area contributed by atoms with Gasteiger partial charge in [-0.1, -0.05) is 24.4 Å². The Morgan fingerprint density at radius 3 is 2.76 bits per heavy atom. The number of carbonyl (C=O) groups is 1. The van der Waals surface area contributed by atoms with Crippen molar-refractivity contribution in [1.29, 1.82) is 0 Å². The first-order valence-corrected chi connectivity index (χ1v) is 9.18. The summed E-state index contributed by atoms with van der Waals surface area (Å²) >= 11 is 1.29. The molecule has 0 aliphatic heterocycles. The quantitative estimate of drug-likeness (QED) is 0.771. The molecular weight excluding hydrogens is 338 g/mol. The van der Waals surface area contributed by atoms with E-state index in [1.54, 1.807) is 29.9 Å².